The highest BCUT2D eigenvalue weighted by Crippen LogP contribution is 2.02. The van der Waals surface area contributed by atoms with E-state index in [1.165, 1.54) is 13.8 Å². The molecule has 0 amide bonds. The van der Waals surface area contributed by atoms with Gasteiger partial charge in [0.1, 0.15) is 6.07 Å². The van der Waals surface area contributed by atoms with Crippen molar-refractivity contribution in [1.29, 1.82) is 5.26 Å². The van der Waals surface area contributed by atoms with Gasteiger partial charge in [-0.15, -0.1) is 0 Å². The summed E-state index contributed by atoms with van der Waals surface area (Å²) in [6.07, 6.45) is 0. The quantitative estimate of drug-likeness (QED) is 0.359. The van der Waals surface area contributed by atoms with E-state index in [0.29, 0.717) is 0 Å². The lowest BCUT2D eigenvalue weighted by Gasteiger charge is -2.04. The SMILES string of the molecule is CC(C)(C#N)O[O]. The van der Waals surface area contributed by atoms with Crippen molar-refractivity contribution in [3.05, 3.63) is 0 Å². The van der Waals surface area contributed by atoms with E-state index in [-0.39, 0.29) is 0 Å². The van der Waals surface area contributed by atoms with Crippen LogP contribution < -0.4 is 0 Å². The highest BCUT2D eigenvalue weighted by molar-refractivity contribution is 4.92. The molecular weight excluding hydrogens is 94.0 g/mol. The van der Waals surface area contributed by atoms with Gasteiger partial charge in [0.25, 0.3) is 0 Å². The Labute approximate surface area is 42.1 Å². The molecule has 0 aliphatic rings. The molecule has 0 unspecified atom stereocenters. The number of hydrogen-bond acceptors (Lipinski definition) is 2. The van der Waals surface area contributed by atoms with Crippen LogP contribution in [0.5, 0.6) is 0 Å². The minimum atomic E-state index is -1.17. The fourth-order valence-electron chi connectivity index (χ4n) is 0.0186. The number of hydrogen-bond donors (Lipinski definition) is 0. The normalized spacial score (nSPS) is 10.6. The maximum Gasteiger partial charge on any atom is 0.186 e. The third-order valence-corrected chi connectivity index (χ3v) is 0.478. The predicted molar refractivity (Wildman–Crippen MR) is 21.5 cm³/mol. The Morgan fingerprint density at radius 1 is 1.71 bits per heavy atom. The summed E-state index contributed by atoms with van der Waals surface area (Å²) in [4.78, 5) is 3.48. The highest BCUT2D eigenvalue weighted by atomic mass is 17.1. The summed E-state index contributed by atoms with van der Waals surface area (Å²) < 4.78 is 0. The second-order valence-electron chi connectivity index (χ2n) is 1.71. The second-order valence-corrected chi connectivity index (χ2v) is 1.71. The summed E-state index contributed by atoms with van der Waals surface area (Å²) in [5, 5.41) is 17.5. The van der Waals surface area contributed by atoms with Crippen LogP contribution in [-0.2, 0) is 10.1 Å². The lowest BCUT2D eigenvalue weighted by molar-refractivity contribution is -0.349. The fraction of sp³-hybridized carbons (Fsp3) is 0.750. The zero-order chi connectivity index (χ0) is 5.91. The highest BCUT2D eigenvalue weighted by Gasteiger charge is 2.16. The molecule has 0 saturated heterocycles. The van der Waals surface area contributed by atoms with E-state index in [1.54, 1.807) is 6.07 Å². The molecular formula is C4H6NO2. The smallest absolute Gasteiger partial charge is 0.186 e. The van der Waals surface area contributed by atoms with Crippen LogP contribution in [0.4, 0.5) is 0 Å². The first-order valence-corrected chi connectivity index (χ1v) is 1.84. The van der Waals surface area contributed by atoms with Crippen molar-refractivity contribution >= 4 is 0 Å². The molecule has 1 radical (unpaired) electrons. The second kappa shape index (κ2) is 1.92. The van der Waals surface area contributed by atoms with Crippen LogP contribution in [0.15, 0.2) is 0 Å². The average Bonchev–Trinajstić information content (AvgIpc) is 1.68. The van der Waals surface area contributed by atoms with Crippen LogP contribution in [-0.4, -0.2) is 5.60 Å². The first kappa shape index (κ1) is 6.41. The Bertz CT molecular complexity index is 92.4. The standard InChI is InChI=1S/C4H6NO2/c1-4(2,3-5)7-6/h1-2H3. The van der Waals surface area contributed by atoms with Crippen LogP contribution in [0.2, 0.25) is 0 Å². The van der Waals surface area contributed by atoms with Gasteiger partial charge in [-0.1, -0.05) is 0 Å². The Kier molecular flexibility index (Phi) is 1.75. The van der Waals surface area contributed by atoms with Crippen molar-refractivity contribution in [3.8, 4) is 6.07 Å². The first-order valence-electron chi connectivity index (χ1n) is 1.84. The molecule has 0 aromatic heterocycles. The largest absolute Gasteiger partial charge is 0.195 e. The average molecular weight is 100 g/mol. The molecule has 0 heterocycles. The maximum absolute atomic E-state index is 9.46. The maximum atomic E-state index is 9.46. The molecule has 0 aliphatic heterocycles. The zero-order valence-corrected chi connectivity index (χ0v) is 4.26. The number of nitrogens with zero attached hydrogens (tertiary/aromatic N) is 1. The molecule has 0 aromatic rings. The summed E-state index contributed by atoms with van der Waals surface area (Å²) in [7, 11) is 0. The molecule has 0 aromatic carbocycles. The van der Waals surface area contributed by atoms with E-state index < -0.39 is 5.60 Å². The Balaban J connectivity index is 3.66. The molecule has 7 heavy (non-hydrogen) atoms. The van der Waals surface area contributed by atoms with Gasteiger partial charge in [-0.3, -0.25) is 0 Å². The van der Waals surface area contributed by atoms with Gasteiger partial charge in [-0.25, -0.2) is 0 Å². The topological polar surface area (TPSA) is 52.9 Å². The lowest BCUT2D eigenvalue weighted by atomic mass is 10.2. The molecule has 0 aliphatic carbocycles. The van der Waals surface area contributed by atoms with Gasteiger partial charge in [0.15, 0.2) is 5.60 Å². The molecule has 0 spiro atoms. The molecule has 0 fully saturated rings. The van der Waals surface area contributed by atoms with Crippen molar-refractivity contribution in [2.75, 3.05) is 0 Å². The van der Waals surface area contributed by atoms with E-state index in [9.17, 15) is 5.26 Å². The van der Waals surface area contributed by atoms with Crippen LogP contribution >= 0.6 is 0 Å². The molecule has 39 valence electrons. The van der Waals surface area contributed by atoms with Crippen molar-refractivity contribution in [2.24, 2.45) is 0 Å². The fourth-order valence-corrected chi connectivity index (χ4v) is 0.0186. The van der Waals surface area contributed by atoms with Crippen LogP contribution in [0.3, 0.4) is 0 Å². The Morgan fingerprint density at radius 2 is 2.14 bits per heavy atom. The molecule has 0 atom stereocenters. The van der Waals surface area contributed by atoms with Crippen LogP contribution in [0.1, 0.15) is 13.8 Å². The van der Waals surface area contributed by atoms with Gasteiger partial charge in [0.05, 0.1) is 0 Å². The summed E-state index contributed by atoms with van der Waals surface area (Å²) in [5.74, 6) is 0. The van der Waals surface area contributed by atoms with E-state index in [2.05, 4.69) is 4.89 Å². The van der Waals surface area contributed by atoms with Crippen molar-refractivity contribution in [3.63, 3.8) is 0 Å². The van der Waals surface area contributed by atoms with Gasteiger partial charge in [0.2, 0.25) is 0 Å². The summed E-state index contributed by atoms with van der Waals surface area (Å²) in [5.41, 5.74) is -1.17. The van der Waals surface area contributed by atoms with E-state index in [4.69, 9.17) is 5.26 Å². The van der Waals surface area contributed by atoms with Gasteiger partial charge in [-0.05, 0) is 19.1 Å². The zero-order valence-electron chi connectivity index (χ0n) is 4.26. The van der Waals surface area contributed by atoms with Crippen molar-refractivity contribution < 1.29 is 10.1 Å². The van der Waals surface area contributed by atoms with Gasteiger partial charge in [-0.2, -0.15) is 10.1 Å². The van der Waals surface area contributed by atoms with Gasteiger partial charge in [0, 0.05) is 0 Å². The summed E-state index contributed by atoms with van der Waals surface area (Å²) in [6, 6.07) is 1.66. The van der Waals surface area contributed by atoms with E-state index >= 15 is 0 Å². The molecule has 0 N–H and O–H groups in total. The summed E-state index contributed by atoms with van der Waals surface area (Å²) in [6.45, 7) is 2.81. The van der Waals surface area contributed by atoms with Crippen LogP contribution in [0.25, 0.3) is 0 Å². The lowest BCUT2D eigenvalue weighted by Crippen LogP contribution is -2.18. The molecule has 0 bridgehead atoms. The Hall–Kier alpha value is -0.590. The Morgan fingerprint density at radius 3 is 2.14 bits per heavy atom. The van der Waals surface area contributed by atoms with E-state index in [1.807, 2.05) is 0 Å². The third-order valence-electron chi connectivity index (χ3n) is 0.478. The van der Waals surface area contributed by atoms with Gasteiger partial charge < -0.3 is 0 Å². The van der Waals surface area contributed by atoms with Crippen LogP contribution in [0, 0.1) is 11.3 Å². The minimum absolute atomic E-state index is 1.17. The number of nitriles is 1. The monoisotopic (exact) mass is 100 g/mol. The predicted octanol–water partition coefficient (Wildman–Crippen LogP) is 0.651. The molecule has 3 heteroatoms. The minimum Gasteiger partial charge on any atom is -0.195 e. The summed E-state index contributed by atoms with van der Waals surface area (Å²) >= 11 is 0. The van der Waals surface area contributed by atoms with Crippen molar-refractivity contribution in [2.45, 2.75) is 19.4 Å². The van der Waals surface area contributed by atoms with Crippen molar-refractivity contribution in [1.82, 2.24) is 0 Å². The molecule has 0 rings (SSSR count). The van der Waals surface area contributed by atoms with Gasteiger partial charge >= 0.3 is 0 Å². The third kappa shape index (κ3) is 2.15. The molecule has 3 nitrogen and oxygen atoms in total. The molecule has 0 saturated carbocycles. The number of rotatable bonds is 1. The first-order chi connectivity index (χ1) is 3.12. The van der Waals surface area contributed by atoms with E-state index in [0.717, 1.165) is 0 Å².